The molecule has 1 unspecified atom stereocenters. The number of rotatable bonds is 7. The molecule has 1 saturated carbocycles. The van der Waals surface area contributed by atoms with Crippen molar-refractivity contribution in [1.29, 1.82) is 0 Å². The standard InChI is InChI=1S/C20H21ClF3N3O2/c21-16-14(7-8-15(17(16)25)26-9-11-1-2-11)13-5-3-12(4-6-13)10-27-19(29)18(28)20(22,23)24/h3-8,11,18,26,28H,1-2,9-10,25H2,(H,27,29). The van der Waals surface area contributed by atoms with Crippen LogP contribution in [0.15, 0.2) is 36.4 Å². The predicted molar refractivity (Wildman–Crippen MR) is 106 cm³/mol. The number of benzene rings is 2. The average Bonchev–Trinajstić information content (AvgIpc) is 3.51. The molecule has 0 aromatic heterocycles. The number of hydrogen-bond acceptors (Lipinski definition) is 4. The van der Waals surface area contributed by atoms with E-state index in [-0.39, 0.29) is 6.54 Å². The van der Waals surface area contributed by atoms with Crippen LogP contribution in [0.1, 0.15) is 18.4 Å². The summed E-state index contributed by atoms with van der Waals surface area (Å²) in [5.41, 5.74) is 9.47. The summed E-state index contributed by atoms with van der Waals surface area (Å²) in [4.78, 5) is 11.3. The van der Waals surface area contributed by atoms with Crippen LogP contribution in [-0.2, 0) is 11.3 Å². The van der Waals surface area contributed by atoms with Gasteiger partial charge in [0.1, 0.15) is 0 Å². The predicted octanol–water partition coefficient (Wildman–Crippen LogP) is 3.95. The third-order valence-corrected chi connectivity index (χ3v) is 5.16. The van der Waals surface area contributed by atoms with Crippen molar-refractivity contribution in [3.63, 3.8) is 0 Å². The summed E-state index contributed by atoms with van der Waals surface area (Å²) in [6.45, 7) is 0.718. The van der Waals surface area contributed by atoms with Crippen molar-refractivity contribution in [3.05, 3.63) is 47.0 Å². The van der Waals surface area contributed by atoms with E-state index in [1.54, 1.807) is 24.3 Å². The molecule has 0 spiro atoms. The zero-order valence-electron chi connectivity index (χ0n) is 15.4. The number of anilines is 2. The lowest BCUT2D eigenvalue weighted by molar-refractivity contribution is -0.205. The Labute approximate surface area is 171 Å². The van der Waals surface area contributed by atoms with Gasteiger partial charge in [-0.1, -0.05) is 41.9 Å². The van der Waals surface area contributed by atoms with Crippen LogP contribution < -0.4 is 16.4 Å². The second kappa shape index (κ2) is 8.51. The fourth-order valence-corrected chi connectivity index (χ4v) is 3.06. The van der Waals surface area contributed by atoms with E-state index >= 15 is 0 Å². The van der Waals surface area contributed by atoms with E-state index in [0.29, 0.717) is 22.2 Å². The molecule has 5 nitrogen and oxygen atoms in total. The van der Waals surface area contributed by atoms with Crippen molar-refractivity contribution in [1.82, 2.24) is 5.32 Å². The van der Waals surface area contributed by atoms with Crippen molar-refractivity contribution in [2.75, 3.05) is 17.6 Å². The van der Waals surface area contributed by atoms with E-state index in [1.807, 2.05) is 12.1 Å². The fraction of sp³-hybridized carbons (Fsp3) is 0.350. The van der Waals surface area contributed by atoms with Crippen LogP contribution in [-0.4, -0.2) is 29.8 Å². The minimum atomic E-state index is -5.00. The van der Waals surface area contributed by atoms with Gasteiger partial charge in [0.15, 0.2) is 0 Å². The van der Waals surface area contributed by atoms with Gasteiger partial charge in [0.25, 0.3) is 5.91 Å². The molecule has 0 aliphatic heterocycles. The number of aliphatic hydroxyl groups excluding tert-OH is 1. The highest BCUT2D eigenvalue weighted by molar-refractivity contribution is 6.36. The van der Waals surface area contributed by atoms with Gasteiger partial charge in [0.05, 0.1) is 16.4 Å². The van der Waals surface area contributed by atoms with Crippen molar-refractivity contribution in [2.45, 2.75) is 31.7 Å². The van der Waals surface area contributed by atoms with Crippen LogP contribution in [0.4, 0.5) is 24.5 Å². The second-order valence-corrected chi connectivity index (χ2v) is 7.45. The first-order valence-corrected chi connectivity index (χ1v) is 9.48. The number of carbonyl (C=O) groups is 1. The maximum absolute atomic E-state index is 12.3. The Morgan fingerprint density at radius 1 is 1.21 bits per heavy atom. The maximum atomic E-state index is 12.3. The van der Waals surface area contributed by atoms with Crippen LogP contribution in [0.25, 0.3) is 11.1 Å². The molecule has 1 atom stereocenters. The highest BCUT2D eigenvalue weighted by atomic mass is 35.5. The van der Waals surface area contributed by atoms with Crippen molar-refractivity contribution in [3.8, 4) is 11.1 Å². The Morgan fingerprint density at radius 2 is 1.86 bits per heavy atom. The Kier molecular flexibility index (Phi) is 6.24. The van der Waals surface area contributed by atoms with E-state index in [1.165, 1.54) is 12.8 Å². The molecule has 1 aliphatic carbocycles. The van der Waals surface area contributed by atoms with E-state index in [0.717, 1.165) is 23.4 Å². The van der Waals surface area contributed by atoms with E-state index in [9.17, 15) is 18.0 Å². The van der Waals surface area contributed by atoms with Crippen LogP contribution in [0.5, 0.6) is 0 Å². The van der Waals surface area contributed by atoms with Crippen LogP contribution in [0.3, 0.4) is 0 Å². The number of hydrogen-bond donors (Lipinski definition) is 4. The zero-order chi connectivity index (χ0) is 21.2. The second-order valence-electron chi connectivity index (χ2n) is 7.07. The third kappa shape index (κ3) is 5.33. The molecule has 2 aromatic carbocycles. The maximum Gasteiger partial charge on any atom is 0.423 e. The molecule has 0 heterocycles. The van der Waals surface area contributed by atoms with Crippen molar-refractivity contribution < 1.29 is 23.1 Å². The van der Waals surface area contributed by atoms with Crippen LogP contribution in [0.2, 0.25) is 5.02 Å². The van der Waals surface area contributed by atoms with Gasteiger partial charge >= 0.3 is 6.18 Å². The highest BCUT2D eigenvalue weighted by Gasteiger charge is 2.43. The van der Waals surface area contributed by atoms with Gasteiger partial charge < -0.3 is 21.5 Å². The smallest absolute Gasteiger partial charge is 0.396 e. The van der Waals surface area contributed by atoms with Crippen molar-refractivity contribution >= 4 is 28.9 Å². The fourth-order valence-electron chi connectivity index (χ4n) is 2.78. The molecule has 1 aliphatic rings. The monoisotopic (exact) mass is 427 g/mol. The van der Waals surface area contributed by atoms with Gasteiger partial charge in [-0.2, -0.15) is 13.2 Å². The lowest BCUT2D eigenvalue weighted by atomic mass is 10.0. The molecule has 9 heteroatoms. The zero-order valence-corrected chi connectivity index (χ0v) is 16.1. The highest BCUT2D eigenvalue weighted by Crippen LogP contribution is 2.38. The first kappa shape index (κ1) is 21.3. The van der Waals surface area contributed by atoms with Gasteiger partial charge in [-0.3, -0.25) is 4.79 Å². The number of alkyl halides is 3. The number of nitrogens with one attached hydrogen (secondary N) is 2. The summed E-state index contributed by atoms with van der Waals surface area (Å²) in [6.07, 6.45) is -5.60. The average molecular weight is 428 g/mol. The third-order valence-electron chi connectivity index (χ3n) is 4.75. The summed E-state index contributed by atoms with van der Waals surface area (Å²) in [5, 5.41) is 14.7. The van der Waals surface area contributed by atoms with E-state index in [2.05, 4.69) is 10.6 Å². The molecule has 156 valence electrons. The summed E-state index contributed by atoms with van der Waals surface area (Å²) in [5.74, 6) is -0.801. The molecule has 29 heavy (non-hydrogen) atoms. The Hall–Kier alpha value is -2.45. The lowest BCUT2D eigenvalue weighted by Gasteiger charge is -2.15. The number of nitrogen functional groups attached to an aromatic ring is 1. The first-order chi connectivity index (χ1) is 13.7. The number of amides is 1. The molecule has 3 rings (SSSR count). The van der Waals surface area contributed by atoms with Gasteiger partial charge in [0, 0.05) is 18.7 Å². The number of nitrogens with two attached hydrogens (primary N) is 1. The summed E-state index contributed by atoms with van der Waals surface area (Å²) >= 11 is 6.43. The molecule has 0 bridgehead atoms. The lowest BCUT2D eigenvalue weighted by Crippen LogP contribution is -2.43. The number of carbonyl (C=O) groups excluding carboxylic acids is 1. The topological polar surface area (TPSA) is 87.4 Å². The van der Waals surface area contributed by atoms with Gasteiger partial charge in [-0.25, -0.2) is 0 Å². The van der Waals surface area contributed by atoms with Crippen molar-refractivity contribution in [2.24, 2.45) is 5.92 Å². The van der Waals surface area contributed by atoms with E-state index < -0.39 is 18.2 Å². The summed E-state index contributed by atoms with van der Waals surface area (Å²) < 4.78 is 37.0. The van der Waals surface area contributed by atoms with Gasteiger partial charge in [-0.15, -0.1) is 0 Å². The molecule has 0 saturated heterocycles. The Balaban J connectivity index is 1.65. The normalized spacial score (nSPS) is 15.1. The largest absolute Gasteiger partial charge is 0.423 e. The summed E-state index contributed by atoms with van der Waals surface area (Å²) in [7, 11) is 0. The number of aliphatic hydroxyl groups is 1. The Morgan fingerprint density at radius 3 is 2.45 bits per heavy atom. The molecule has 1 fully saturated rings. The van der Waals surface area contributed by atoms with E-state index in [4.69, 9.17) is 22.4 Å². The molecular weight excluding hydrogens is 407 g/mol. The molecule has 1 amide bonds. The SMILES string of the molecule is Nc1c(NCC2CC2)ccc(-c2ccc(CNC(=O)C(O)C(F)(F)F)cc2)c1Cl. The van der Waals surface area contributed by atoms with Gasteiger partial charge in [0.2, 0.25) is 6.10 Å². The molecule has 0 radical (unpaired) electrons. The molecule has 2 aromatic rings. The molecular formula is C20H21ClF3N3O2. The van der Waals surface area contributed by atoms with Crippen LogP contribution in [0, 0.1) is 5.92 Å². The number of halogens is 4. The quantitative estimate of drug-likeness (QED) is 0.504. The first-order valence-electron chi connectivity index (χ1n) is 9.10. The Bertz CT molecular complexity index is 884. The minimum absolute atomic E-state index is 0.147. The van der Waals surface area contributed by atoms with Gasteiger partial charge in [-0.05, 0) is 36.0 Å². The summed E-state index contributed by atoms with van der Waals surface area (Å²) in [6, 6.07) is 10.5. The molecule has 5 N–H and O–H groups in total. The van der Waals surface area contributed by atoms with Crippen LogP contribution >= 0.6 is 11.6 Å². The minimum Gasteiger partial charge on any atom is -0.396 e.